The van der Waals surface area contributed by atoms with E-state index in [2.05, 4.69) is 5.32 Å². The average Bonchev–Trinajstić information content (AvgIpc) is 3.03. The Hall–Kier alpha value is -2.17. The molecule has 1 fully saturated rings. The van der Waals surface area contributed by atoms with Gasteiger partial charge in [-0.1, -0.05) is 0 Å². The summed E-state index contributed by atoms with van der Waals surface area (Å²) in [4.78, 5) is -0.0789. The summed E-state index contributed by atoms with van der Waals surface area (Å²) in [5, 5.41) is 1.85. The molecule has 0 spiro atoms. The lowest BCUT2D eigenvalue weighted by Crippen LogP contribution is -2.44. The van der Waals surface area contributed by atoms with Gasteiger partial charge in [-0.3, -0.25) is 0 Å². The first-order valence-electron chi connectivity index (χ1n) is 9.33. The van der Waals surface area contributed by atoms with Crippen LogP contribution in [0.25, 0.3) is 0 Å². The molecule has 7 nitrogen and oxygen atoms in total. The Morgan fingerprint density at radius 3 is 2.40 bits per heavy atom. The van der Waals surface area contributed by atoms with Crippen molar-refractivity contribution in [2.75, 3.05) is 31.8 Å². The molecule has 164 valence electrons. The first-order chi connectivity index (χ1) is 14.1. The lowest BCUT2D eigenvalue weighted by Gasteiger charge is -2.20. The molecule has 0 unspecified atom stereocenters. The zero-order valence-corrected chi connectivity index (χ0v) is 18.3. The zero-order chi connectivity index (χ0) is 21.9. The van der Waals surface area contributed by atoms with Crippen LogP contribution in [0.1, 0.15) is 5.56 Å². The number of ether oxygens (including phenoxy) is 2. The minimum absolute atomic E-state index is 0.0789. The fraction of sp³-hybridized carbons (Fsp3) is 0.400. The molecule has 10 heteroatoms. The number of rotatable bonds is 8. The maximum atomic E-state index is 13.5. The van der Waals surface area contributed by atoms with Crippen molar-refractivity contribution in [3.05, 3.63) is 53.8 Å². The quantitative estimate of drug-likeness (QED) is 0.476. The number of sulfone groups is 2. The van der Waals surface area contributed by atoms with Crippen LogP contribution in [-0.4, -0.2) is 59.9 Å². The summed E-state index contributed by atoms with van der Waals surface area (Å²) >= 11 is 0. The first-order valence-corrected chi connectivity index (χ1v) is 12.7. The standard InChI is InChI=1S/C20H24FNO6S2/c1-14-11-17(7-8-18(14)21)30(25,26)20-13-29(23,24)12-19(20)22-9-10-28-16-5-3-15(27-2)4-6-16/h3-8,11,19-20,22H,9-10,12-13H2,1-2H3/t19-,20-/m0/s1. The second-order valence-corrected chi connectivity index (χ2v) is 11.5. The van der Waals surface area contributed by atoms with E-state index in [1.807, 2.05) is 0 Å². The highest BCUT2D eigenvalue weighted by molar-refractivity contribution is 7.96. The second-order valence-electron chi connectivity index (χ2n) is 7.16. The maximum absolute atomic E-state index is 13.5. The van der Waals surface area contributed by atoms with E-state index in [9.17, 15) is 21.2 Å². The van der Waals surface area contributed by atoms with Gasteiger partial charge >= 0.3 is 0 Å². The Morgan fingerprint density at radius 1 is 1.10 bits per heavy atom. The molecule has 1 aliphatic heterocycles. The molecule has 0 saturated carbocycles. The van der Waals surface area contributed by atoms with Gasteiger partial charge in [0.15, 0.2) is 19.7 Å². The Balaban J connectivity index is 1.67. The van der Waals surface area contributed by atoms with Crippen LogP contribution in [0.5, 0.6) is 11.5 Å². The maximum Gasteiger partial charge on any atom is 0.183 e. The number of methoxy groups -OCH3 is 1. The summed E-state index contributed by atoms with van der Waals surface area (Å²) in [6.45, 7) is 1.96. The fourth-order valence-corrected chi connectivity index (χ4v) is 8.17. The molecule has 0 aromatic heterocycles. The van der Waals surface area contributed by atoms with Crippen molar-refractivity contribution in [1.82, 2.24) is 5.32 Å². The zero-order valence-electron chi connectivity index (χ0n) is 16.7. The molecule has 0 bridgehead atoms. The summed E-state index contributed by atoms with van der Waals surface area (Å²) in [5.74, 6) is 0.0456. The lowest BCUT2D eigenvalue weighted by molar-refractivity contribution is 0.307. The van der Waals surface area contributed by atoms with Crippen molar-refractivity contribution in [2.24, 2.45) is 0 Å². The molecule has 2 aromatic carbocycles. The lowest BCUT2D eigenvalue weighted by atomic mass is 10.2. The van der Waals surface area contributed by atoms with E-state index in [1.54, 1.807) is 31.4 Å². The van der Waals surface area contributed by atoms with Crippen molar-refractivity contribution in [3.63, 3.8) is 0 Å². The summed E-state index contributed by atoms with van der Waals surface area (Å²) in [7, 11) is -5.92. The molecule has 30 heavy (non-hydrogen) atoms. The van der Waals surface area contributed by atoms with E-state index in [-0.39, 0.29) is 29.4 Å². The van der Waals surface area contributed by atoms with Crippen LogP contribution >= 0.6 is 0 Å². The van der Waals surface area contributed by atoms with Gasteiger partial charge in [-0.25, -0.2) is 21.2 Å². The minimum Gasteiger partial charge on any atom is -0.497 e. The number of aryl methyl sites for hydroxylation is 1. The van der Waals surface area contributed by atoms with Gasteiger partial charge in [0, 0.05) is 12.6 Å². The van der Waals surface area contributed by atoms with Crippen LogP contribution in [0.4, 0.5) is 4.39 Å². The van der Waals surface area contributed by atoms with Crippen LogP contribution in [0.15, 0.2) is 47.4 Å². The Morgan fingerprint density at radius 2 is 1.77 bits per heavy atom. The van der Waals surface area contributed by atoms with Gasteiger partial charge in [0.25, 0.3) is 0 Å². The van der Waals surface area contributed by atoms with Crippen LogP contribution in [-0.2, 0) is 19.7 Å². The van der Waals surface area contributed by atoms with Crippen molar-refractivity contribution in [2.45, 2.75) is 23.1 Å². The van der Waals surface area contributed by atoms with Gasteiger partial charge in [0.2, 0.25) is 0 Å². The molecular weight excluding hydrogens is 433 g/mol. The topological polar surface area (TPSA) is 98.8 Å². The van der Waals surface area contributed by atoms with Gasteiger partial charge in [-0.15, -0.1) is 0 Å². The van der Waals surface area contributed by atoms with Crippen LogP contribution in [0, 0.1) is 12.7 Å². The van der Waals surface area contributed by atoms with Crippen molar-refractivity contribution in [1.29, 1.82) is 0 Å². The third kappa shape index (κ3) is 5.11. The van der Waals surface area contributed by atoms with E-state index >= 15 is 0 Å². The van der Waals surface area contributed by atoms with E-state index in [4.69, 9.17) is 9.47 Å². The van der Waals surface area contributed by atoms with E-state index in [0.717, 1.165) is 6.07 Å². The number of hydrogen-bond donors (Lipinski definition) is 1. The highest BCUT2D eigenvalue weighted by Gasteiger charge is 2.45. The minimum atomic E-state index is -3.96. The van der Waals surface area contributed by atoms with Crippen LogP contribution in [0.2, 0.25) is 0 Å². The molecular formula is C20H24FNO6S2. The third-order valence-corrected chi connectivity index (χ3v) is 9.14. The smallest absolute Gasteiger partial charge is 0.183 e. The van der Waals surface area contributed by atoms with Gasteiger partial charge in [-0.05, 0) is 55.0 Å². The van der Waals surface area contributed by atoms with Crippen molar-refractivity contribution < 1.29 is 30.7 Å². The summed E-state index contributed by atoms with van der Waals surface area (Å²) in [6.07, 6.45) is 0. The predicted octanol–water partition coefficient (Wildman–Crippen LogP) is 1.75. The van der Waals surface area contributed by atoms with E-state index in [1.165, 1.54) is 19.1 Å². The number of benzene rings is 2. The SMILES string of the molecule is COc1ccc(OCCN[C@H]2CS(=O)(=O)C[C@@H]2S(=O)(=O)c2ccc(F)c(C)c2)cc1. The van der Waals surface area contributed by atoms with Crippen LogP contribution in [0.3, 0.4) is 0 Å². The molecule has 1 saturated heterocycles. The van der Waals surface area contributed by atoms with E-state index in [0.29, 0.717) is 11.5 Å². The van der Waals surface area contributed by atoms with Gasteiger partial charge in [-0.2, -0.15) is 0 Å². The van der Waals surface area contributed by atoms with Crippen LogP contribution < -0.4 is 14.8 Å². The summed E-state index contributed by atoms with van der Waals surface area (Å²) < 4.78 is 74.6. The van der Waals surface area contributed by atoms with Gasteiger partial charge in [0.05, 0.1) is 28.8 Å². The molecule has 1 heterocycles. The second kappa shape index (κ2) is 8.91. The summed E-state index contributed by atoms with van der Waals surface area (Å²) in [6, 6.07) is 9.69. The molecule has 1 N–H and O–H groups in total. The molecule has 0 radical (unpaired) electrons. The largest absolute Gasteiger partial charge is 0.497 e. The Bertz CT molecular complexity index is 1100. The first kappa shape index (κ1) is 22.5. The fourth-order valence-electron chi connectivity index (χ4n) is 3.37. The van der Waals surface area contributed by atoms with Gasteiger partial charge in [0.1, 0.15) is 23.9 Å². The molecule has 2 aromatic rings. The number of hydrogen-bond acceptors (Lipinski definition) is 7. The molecule has 0 aliphatic carbocycles. The molecule has 3 rings (SSSR count). The van der Waals surface area contributed by atoms with Crippen molar-refractivity contribution in [3.8, 4) is 11.5 Å². The van der Waals surface area contributed by atoms with Crippen molar-refractivity contribution >= 4 is 19.7 Å². The predicted molar refractivity (Wildman–Crippen MR) is 111 cm³/mol. The Kier molecular flexibility index (Phi) is 6.68. The monoisotopic (exact) mass is 457 g/mol. The molecule has 2 atom stereocenters. The molecule has 1 aliphatic rings. The van der Waals surface area contributed by atoms with E-state index < -0.39 is 42.5 Å². The normalized spacial score (nSPS) is 20.8. The van der Waals surface area contributed by atoms with Gasteiger partial charge < -0.3 is 14.8 Å². The third-order valence-electron chi connectivity index (χ3n) is 4.99. The number of nitrogens with one attached hydrogen (secondary N) is 1. The number of halogens is 1. The highest BCUT2D eigenvalue weighted by Crippen LogP contribution is 2.27. The molecule has 0 amide bonds. The summed E-state index contributed by atoms with van der Waals surface area (Å²) in [5.41, 5.74) is 0.189. The average molecular weight is 458 g/mol. The highest BCUT2D eigenvalue weighted by atomic mass is 32.2. The Labute approximate surface area is 176 Å².